The van der Waals surface area contributed by atoms with Crippen molar-refractivity contribution in [1.29, 1.82) is 0 Å². The van der Waals surface area contributed by atoms with Gasteiger partial charge in [0.2, 0.25) is 0 Å². The van der Waals surface area contributed by atoms with Crippen molar-refractivity contribution < 1.29 is 4.79 Å². The Hall–Kier alpha value is -2.36. The zero-order valence-corrected chi connectivity index (χ0v) is 14.3. The largest absolute Gasteiger partial charge is 0.272 e. The van der Waals surface area contributed by atoms with Gasteiger partial charge in [0, 0.05) is 35.2 Å². The second-order valence-electron chi connectivity index (χ2n) is 6.45. The standard InChI is InChI=1S/C19H21N3O/c1-10-6-12(3)18-16(7-10)14(5)20-17(22-18)9-15-8-11(2)13(4)19(23)21-15/h6-7H,8-9H2,1-5H3. The quantitative estimate of drug-likeness (QED) is 0.848. The average molecular weight is 307 g/mol. The second kappa shape index (κ2) is 5.69. The van der Waals surface area contributed by atoms with Crippen molar-refractivity contribution in [3.05, 3.63) is 45.9 Å². The molecule has 118 valence electrons. The maximum absolute atomic E-state index is 11.9. The maximum atomic E-state index is 11.9. The van der Waals surface area contributed by atoms with Crippen molar-refractivity contribution in [2.24, 2.45) is 4.99 Å². The zero-order valence-electron chi connectivity index (χ0n) is 14.3. The minimum atomic E-state index is -0.131. The van der Waals surface area contributed by atoms with E-state index in [2.05, 4.69) is 36.0 Å². The Labute approximate surface area is 136 Å². The highest BCUT2D eigenvalue weighted by Crippen LogP contribution is 2.22. The van der Waals surface area contributed by atoms with Crippen LogP contribution in [0.15, 0.2) is 28.3 Å². The van der Waals surface area contributed by atoms with Crippen LogP contribution in [0.5, 0.6) is 0 Å². The number of aliphatic imine (C=N–C) groups is 1. The van der Waals surface area contributed by atoms with Crippen LogP contribution in [0.1, 0.15) is 42.9 Å². The van der Waals surface area contributed by atoms with Crippen molar-refractivity contribution in [3.8, 4) is 0 Å². The Morgan fingerprint density at radius 1 is 1.04 bits per heavy atom. The number of dihydropyridines is 1. The number of hydrogen-bond donors (Lipinski definition) is 0. The number of aryl methyl sites for hydroxylation is 3. The number of fused-ring (bicyclic) bond motifs is 1. The lowest BCUT2D eigenvalue weighted by Crippen LogP contribution is -2.16. The molecule has 2 heterocycles. The van der Waals surface area contributed by atoms with E-state index in [9.17, 15) is 4.79 Å². The van der Waals surface area contributed by atoms with Gasteiger partial charge in [-0.15, -0.1) is 0 Å². The van der Waals surface area contributed by atoms with E-state index >= 15 is 0 Å². The van der Waals surface area contributed by atoms with Gasteiger partial charge in [0.15, 0.2) is 0 Å². The molecule has 0 atom stereocenters. The molecule has 0 fully saturated rings. The van der Waals surface area contributed by atoms with Crippen LogP contribution < -0.4 is 0 Å². The van der Waals surface area contributed by atoms with E-state index in [1.807, 2.05) is 20.8 Å². The number of carbonyl (C=O) groups is 1. The van der Waals surface area contributed by atoms with Gasteiger partial charge in [-0.2, -0.15) is 0 Å². The summed E-state index contributed by atoms with van der Waals surface area (Å²) in [7, 11) is 0. The summed E-state index contributed by atoms with van der Waals surface area (Å²) in [6, 6.07) is 4.26. The van der Waals surface area contributed by atoms with Gasteiger partial charge in [-0.25, -0.2) is 15.0 Å². The first kappa shape index (κ1) is 15.5. The number of carbonyl (C=O) groups excluding carboxylic acids is 1. The Balaban J connectivity index is 1.99. The molecule has 1 amide bonds. The first-order valence-corrected chi connectivity index (χ1v) is 7.86. The molecule has 4 nitrogen and oxygen atoms in total. The SMILES string of the molecule is CC1=C(C)C(=O)N=C(Cc2nc(C)c3cc(C)cc(C)c3n2)C1. The number of hydrogen-bond acceptors (Lipinski definition) is 3. The van der Waals surface area contributed by atoms with Gasteiger partial charge in [-0.3, -0.25) is 4.79 Å². The van der Waals surface area contributed by atoms with Crippen LogP contribution in [-0.4, -0.2) is 21.6 Å². The lowest BCUT2D eigenvalue weighted by atomic mass is 9.99. The number of rotatable bonds is 2. The van der Waals surface area contributed by atoms with E-state index in [-0.39, 0.29) is 5.91 Å². The normalized spacial score (nSPS) is 15.3. The smallest absolute Gasteiger partial charge is 0.267 e. The van der Waals surface area contributed by atoms with Crippen LogP contribution in [-0.2, 0) is 11.2 Å². The summed E-state index contributed by atoms with van der Waals surface area (Å²) in [5.74, 6) is 0.605. The zero-order chi connectivity index (χ0) is 16.7. The molecule has 1 aromatic carbocycles. The minimum absolute atomic E-state index is 0.131. The molecule has 2 aromatic rings. The third kappa shape index (κ3) is 2.93. The molecule has 1 aliphatic rings. The molecular formula is C19H21N3O. The Bertz CT molecular complexity index is 891. The first-order chi connectivity index (χ1) is 10.8. The highest BCUT2D eigenvalue weighted by atomic mass is 16.1. The first-order valence-electron chi connectivity index (χ1n) is 7.86. The van der Waals surface area contributed by atoms with Crippen LogP contribution in [0.25, 0.3) is 10.9 Å². The van der Waals surface area contributed by atoms with Crippen molar-refractivity contribution >= 4 is 22.5 Å². The predicted octanol–water partition coefficient (Wildman–Crippen LogP) is 3.81. The van der Waals surface area contributed by atoms with E-state index in [4.69, 9.17) is 4.98 Å². The molecule has 3 rings (SSSR count). The Kier molecular flexibility index (Phi) is 3.84. The topological polar surface area (TPSA) is 55.2 Å². The molecule has 23 heavy (non-hydrogen) atoms. The van der Waals surface area contributed by atoms with Gasteiger partial charge in [0.25, 0.3) is 5.91 Å². The lowest BCUT2D eigenvalue weighted by molar-refractivity contribution is -0.114. The van der Waals surface area contributed by atoms with E-state index in [0.29, 0.717) is 6.42 Å². The van der Waals surface area contributed by atoms with Crippen molar-refractivity contribution in [2.45, 2.75) is 47.5 Å². The molecule has 0 spiro atoms. The highest BCUT2D eigenvalue weighted by Gasteiger charge is 2.18. The second-order valence-corrected chi connectivity index (χ2v) is 6.45. The summed E-state index contributed by atoms with van der Waals surface area (Å²) in [6.45, 7) is 9.99. The average Bonchev–Trinajstić information content (AvgIpc) is 2.46. The molecule has 0 unspecified atom stereocenters. The number of allylic oxidation sites excluding steroid dienone is 1. The van der Waals surface area contributed by atoms with E-state index in [0.717, 1.165) is 51.3 Å². The number of benzene rings is 1. The molecule has 0 N–H and O–H groups in total. The summed E-state index contributed by atoms with van der Waals surface area (Å²) < 4.78 is 0. The highest BCUT2D eigenvalue weighted by molar-refractivity contribution is 6.07. The molecule has 0 saturated heterocycles. The summed E-state index contributed by atoms with van der Waals surface area (Å²) in [5, 5.41) is 1.10. The Morgan fingerprint density at radius 3 is 2.48 bits per heavy atom. The molecule has 0 radical (unpaired) electrons. The molecule has 1 aliphatic heterocycles. The molecule has 4 heteroatoms. The fourth-order valence-electron chi connectivity index (χ4n) is 3.04. The Morgan fingerprint density at radius 2 is 1.78 bits per heavy atom. The fourth-order valence-corrected chi connectivity index (χ4v) is 3.04. The molecule has 0 aliphatic carbocycles. The molecule has 0 bridgehead atoms. The lowest BCUT2D eigenvalue weighted by Gasteiger charge is -2.14. The monoisotopic (exact) mass is 307 g/mol. The number of amides is 1. The van der Waals surface area contributed by atoms with Crippen molar-refractivity contribution in [1.82, 2.24) is 9.97 Å². The molecule has 1 aromatic heterocycles. The minimum Gasteiger partial charge on any atom is -0.267 e. The third-order valence-electron chi connectivity index (χ3n) is 4.42. The van der Waals surface area contributed by atoms with Crippen molar-refractivity contribution in [3.63, 3.8) is 0 Å². The van der Waals surface area contributed by atoms with E-state index in [1.54, 1.807) is 0 Å². The summed E-state index contributed by atoms with van der Waals surface area (Å²) in [5.41, 5.74) is 7.03. The molecular weight excluding hydrogens is 286 g/mol. The van der Waals surface area contributed by atoms with Crippen molar-refractivity contribution in [2.75, 3.05) is 0 Å². The number of nitrogens with zero attached hydrogens (tertiary/aromatic N) is 3. The van der Waals surface area contributed by atoms with Gasteiger partial charge < -0.3 is 0 Å². The van der Waals surface area contributed by atoms with Crippen LogP contribution in [0, 0.1) is 20.8 Å². The van der Waals surface area contributed by atoms with Gasteiger partial charge in [0.1, 0.15) is 5.82 Å². The predicted molar refractivity (Wildman–Crippen MR) is 92.9 cm³/mol. The summed E-state index contributed by atoms with van der Waals surface area (Å²) in [6.07, 6.45) is 1.26. The van der Waals surface area contributed by atoms with Crippen LogP contribution in [0.2, 0.25) is 0 Å². The van der Waals surface area contributed by atoms with Gasteiger partial charge in [-0.05, 0) is 46.2 Å². The van der Waals surface area contributed by atoms with Crippen LogP contribution in [0.3, 0.4) is 0 Å². The fraction of sp³-hybridized carbons (Fsp3) is 0.368. The third-order valence-corrected chi connectivity index (χ3v) is 4.42. The summed E-state index contributed by atoms with van der Waals surface area (Å²) >= 11 is 0. The maximum Gasteiger partial charge on any atom is 0.272 e. The van der Waals surface area contributed by atoms with Crippen LogP contribution in [0.4, 0.5) is 0 Å². The van der Waals surface area contributed by atoms with Gasteiger partial charge in [-0.1, -0.05) is 17.2 Å². The van der Waals surface area contributed by atoms with Gasteiger partial charge in [0.05, 0.1) is 5.52 Å². The summed E-state index contributed by atoms with van der Waals surface area (Å²) in [4.78, 5) is 25.4. The van der Waals surface area contributed by atoms with Gasteiger partial charge >= 0.3 is 0 Å². The van der Waals surface area contributed by atoms with Crippen LogP contribution >= 0.6 is 0 Å². The van der Waals surface area contributed by atoms with E-state index in [1.165, 1.54) is 5.56 Å². The van der Waals surface area contributed by atoms with E-state index < -0.39 is 0 Å². The number of aromatic nitrogens is 2. The molecule has 0 saturated carbocycles.